The molecule has 0 spiro atoms. The zero-order valence-corrected chi connectivity index (χ0v) is 10.5. The van der Waals surface area contributed by atoms with Gasteiger partial charge in [-0.1, -0.05) is 0 Å². The van der Waals surface area contributed by atoms with E-state index in [0.717, 1.165) is 0 Å². The van der Waals surface area contributed by atoms with Crippen molar-refractivity contribution in [3.63, 3.8) is 0 Å². The van der Waals surface area contributed by atoms with Gasteiger partial charge in [-0.05, 0) is 13.8 Å². The lowest BCUT2D eigenvalue weighted by molar-refractivity contribution is -0.145. The SMILES string of the molecule is CCOC(OCC)c1nc(OC)nc(OC)n1. The van der Waals surface area contributed by atoms with Crippen LogP contribution in [0.25, 0.3) is 0 Å². The van der Waals surface area contributed by atoms with E-state index in [9.17, 15) is 0 Å². The van der Waals surface area contributed by atoms with Gasteiger partial charge in [0.15, 0.2) is 5.82 Å². The van der Waals surface area contributed by atoms with Crippen LogP contribution >= 0.6 is 0 Å². The van der Waals surface area contributed by atoms with Crippen molar-refractivity contribution in [2.75, 3.05) is 27.4 Å². The van der Waals surface area contributed by atoms with E-state index >= 15 is 0 Å². The molecular formula is C10H17N3O4. The molecule has 0 aliphatic heterocycles. The molecule has 1 aromatic heterocycles. The van der Waals surface area contributed by atoms with Crippen molar-refractivity contribution >= 4 is 0 Å². The Hall–Kier alpha value is -1.47. The van der Waals surface area contributed by atoms with Gasteiger partial charge in [-0.25, -0.2) is 0 Å². The molecule has 1 aromatic rings. The van der Waals surface area contributed by atoms with Gasteiger partial charge >= 0.3 is 12.0 Å². The zero-order chi connectivity index (χ0) is 12.7. The highest BCUT2D eigenvalue weighted by Gasteiger charge is 2.18. The van der Waals surface area contributed by atoms with Gasteiger partial charge in [-0.15, -0.1) is 4.98 Å². The molecule has 7 nitrogen and oxygen atoms in total. The second-order valence-electron chi connectivity index (χ2n) is 2.91. The fourth-order valence-corrected chi connectivity index (χ4v) is 1.14. The minimum atomic E-state index is -0.643. The Morgan fingerprint density at radius 1 is 0.882 bits per heavy atom. The first-order valence-corrected chi connectivity index (χ1v) is 5.32. The molecule has 0 fully saturated rings. The van der Waals surface area contributed by atoms with Gasteiger partial charge in [0, 0.05) is 13.2 Å². The van der Waals surface area contributed by atoms with E-state index in [-0.39, 0.29) is 12.0 Å². The van der Waals surface area contributed by atoms with Crippen molar-refractivity contribution in [3.8, 4) is 12.0 Å². The Bertz CT molecular complexity index is 320. The molecule has 0 saturated heterocycles. The average molecular weight is 243 g/mol. The maximum atomic E-state index is 5.38. The molecule has 1 rings (SSSR count). The van der Waals surface area contributed by atoms with E-state index in [1.807, 2.05) is 13.8 Å². The highest BCUT2D eigenvalue weighted by Crippen LogP contribution is 2.19. The van der Waals surface area contributed by atoms with Crippen molar-refractivity contribution in [2.45, 2.75) is 20.1 Å². The molecule has 0 aliphatic carbocycles. The van der Waals surface area contributed by atoms with Crippen LogP contribution in [-0.4, -0.2) is 42.4 Å². The minimum absolute atomic E-state index is 0.163. The Kier molecular flexibility index (Phi) is 5.58. The summed E-state index contributed by atoms with van der Waals surface area (Å²) in [6.45, 7) is 4.70. The zero-order valence-electron chi connectivity index (χ0n) is 10.5. The van der Waals surface area contributed by atoms with Gasteiger partial charge in [0.2, 0.25) is 6.29 Å². The third-order valence-corrected chi connectivity index (χ3v) is 1.82. The van der Waals surface area contributed by atoms with E-state index in [2.05, 4.69) is 15.0 Å². The number of ether oxygens (including phenoxy) is 4. The second-order valence-corrected chi connectivity index (χ2v) is 2.91. The molecule has 0 radical (unpaired) electrons. The first-order valence-electron chi connectivity index (χ1n) is 5.32. The molecule has 0 amide bonds. The topological polar surface area (TPSA) is 75.6 Å². The van der Waals surface area contributed by atoms with Crippen LogP contribution in [0.2, 0.25) is 0 Å². The first-order chi connectivity index (χ1) is 8.24. The number of methoxy groups -OCH3 is 2. The van der Waals surface area contributed by atoms with Crippen LogP contribution in [0.15, 0.2) is 0 Å². The number of rotatable bonds is 7. The molecule has 0 saturated carbocycles. The molecule has 1 heterocycles. The summed E-state index contributed by atoms with van der Waals surface area (Å²) in [5.41, 5.74) is 0. The Labute approximate surface area is 100 Å². The van der Waals surface area contributed by atoms with Crippen molar-refractivity contribution in [3.05, 3.63) is 5.82 Å². The van der Waals surface area contributed by atoms with Crippen molar-refractivity contribution in [2.24, 2.45) is 0 Å². The summed E-state index contributed by atoms with van der Waals surface area (Å²) in [5, 5.41) is 0. The number of nitrogens with zero attached hydrogens (tertiary/aromatic N) is 3. The molecule has 7 heteroatoms. The van der Waals surface area contributed by atoms with Gasteiger partial charge < -0.3 is 18.9 Å². The van der Waals surface area contributed by atoms with Crippen LogP contribution in [0.3, 0.4) is 0 Å². The minimum Gasteiger partial charge on any atom is -0.467 e. The van der Waals surface area contributed by atoms with Crippen molar-refractivity contribution in [1.82, 2.24) is 15.0 Å². The van der Waals surface area contributed by atoms with Crippen LogP contribution in [0.5, 0.6) is 12.0 Å². The predicted octanol–water partition coefficient (Wildman–Crippen LogP) is 0.960. The van der Waals surface area contributed by atoms with Crippen LogP contribution in [-0.2, 0) is 9.47 Å². The normalized spacial score (nSPS) is 10.6. The quantitative estimate of drug-likeness (QED) is 0.660. The smallest absolute Gasteiger partial charge is 0.322 e. The third kappa shape index (κ3) is 3.79. The molecule has 0 N–H and O–H groups in total. The Morgan fingerprint density at radius 3 is 1.71 bits per heavy atom. The average Bonchev–Trinajstić information content (AvgIpc) is 2.37. The van der Waals surface area contributed by atoms with Gasteiger partial charge in [0.05, 0.1) is 14.2 Å². The second kappa shape index (κ2) is 6.97. The molecule has 96 valence electrons. The van der Waals surface area contributed by atoms with Crippen LogP contribution in [0, 0.1) is 0 Å². The summed E-state index contributed by atoms with van der Waals surface area (Å²) in [6, 6.07) is 0.326. The molecule has 0 aliphatic rings. The highest BCUT2D eigenvalue weighted by atomic mass is 16.7. The van der Waals surface area contributed by atoms with Crippen molar-refractivity contribution < 1.29 is 18.9 Å². The lowest BCUT2D eigenvalue weighted by atomic mass is 10.5. The third-order valence-electron chi connectivity index (χ3n) is 1.82. The maximum absolute atomic E-state index is 5.38. The maximum Gasteiger partial charge on any atom is 0.322 e. The fraction of sp³-hybridized carbons (Fsp3) is 0.700. The molecule has 17 heavy (non-hydrogen) atoms. The van der Waals surface area contributed by atoms with Crippen LogP contribution in [0.4, 0.5) is 0 Å². The van der Waals surface area contributed by atoms with Crippen LogP contribution in [0.1, 0.15) is 26.0 Å². The summed E-state index contributed by atoms with van der Waals surface area (Å²) in [7, 11) is 2.93. The van der Waals surface area contributed by atoms with E-state index < -0.39 is 6.29 Å². The lowest BCUT2D eigenvalue weighted by Crippen LogP contribution is -2.14. The molecule has 0 bridgehead atoms. The summed E-state index contributed by atoms with van der Waals surface area (Å²) in [6.07, 6.45) is -0.643. The Balaban J connectivity index is 2.99. The monoisotopic (exact) mass is 243 g/mol. The fourth-order valence-electron chi connectivity index (χ4n) is 1.14. The standard InChI is InChI=1S/C10H17N3O4/c1-5-16-8(17-6-2)7-11-9(14-3)13-10(12-7)15-4/h8H,5-6H2,1-4H3. The molecule has 0 aromatic carbocycles. The molecule has 0 unspecified atom stereocenters. The Morgan fingerprint density at radius 2 is 1.35 bits per heavy atom. The summed E-state index contributed by atoms with van der Waals surface area (Å²) in [5.74, 6) is 0.331. The predicted molar refractivity (Wildman–Crippen MR) is 58.9 cm³/mol. The summed E-state index contributed by atoms with van der Waals surface area (Å²) in [4.78, 5) is 12.0. The van der Waals surface area contributed by atoms with Crippen molar-refractivity contribution in [1.29, 1.82) is 0 Å². The lowest BCUT2D eigenvalue weighted by Gasteiger charge is -2.15. The van der Waals surface area contributed by atoms with E-state index in [1.54, 1.807) is 0 Å². The van der Waals surface area contributed by atoms with Crippen LogP contribution < -0.4 is 9.47 Å². The van der Waals surface area contributed by atoms with Gasteiger partial charge in [0.25, 0.3) is 0 Å². The summed E-state index contributed by atoms with van der Waals surface area (Å²) < 4.78 is 20.7. The van der Waals surface area contributed by atoms with Gasteiger partial charge in [0.1, 0.15) is 0 Å². The largest absolute Gasteiger partial charge is 0.467 e. The number of hydrogen-bond acceptors (Lipinski definition) is 7. The van der Waals surface area contributed by atoms with E-state index in [0.29, 0.717) is 19.0 Å². The molecule has 0 atom stereocenters. The van der Waals surface area contributed by atoms with E-state index in [4.69, 9.17) is 18.9 Å². The van der Waals surface area contributed by atoms with Gasteiger partial charge in [-0.3, -0.25) is 0 Å². The molecular weight excluding hydrogens is 226 g/mol. The number of hydrogen-bond donors (Lipinski definition) is 0. The highest BCUT2D eigenvalue weighted by molar-refractivity contribution is 5.06. The summed E-state index contributed by atoms with van der Waals surface area (Å²) >= 11 is 0. The van der Waals surface area contributed by atoms with E-state index in [1.165, 1.54) is 14.2 Å². The number of aromatic nitrogens is 3. The first kappa shape index (κ1) is 13.6. The van der Waals surface area contributed by atoms with Gasteiger partial charge in [-0.2, -0.15) is 9.97 Å².